The van der Waals surface area contributed by atoms with Crippen molar-refractivity contribution in [1.82, 2.24) is 10.6 Å². The van der Waals surface area contributed by atoms with Crippen LogP contribution in [-0.4, -0.2) is 31.9 Å². The Morgan fingerprint density at radius 2 is 2.30 bits per heavy atom. The first-order chi connectivity index (χ1) is 4.70. The number of hydrogen-bond donors (Lipinski definition) is 2. The number of ether oxygens (including phenoxy) is 1. The summed E-state index contributed by atoms with van der Waals surface area (Å²) in [6.45, 7) is 2.68. The molecular weight excluding hydrogens is 148 g/mol. The average molecular weight is 162 g/mol. The molecule has 0 aliphatic heterocycles. The zero-order chi connectivity index (χ0) is 7.98. The molecule has 0 saturated carbocycles. The van der Waals surface area contributed by atoms with Gasteiger partial charge in [0.2, 0.25) is 0 Å². The van der Waals surface area contributed by atoms with E-state index in [1.54, 1.807) is 14.2 Å². The summed E-state index contributed by atoms with van der Waals surface area (Å²) in [5.74, 6) is 0. The van der Waals surface area contributed by atoms with Gasteiger partial charge in [-0.15, -0.1) is 0 Å². The quantitative estimate of drug-likeness (QED) is 0.577. The van der Waals surface area contributed by atoms with Gasteiger partial charge < -0.3 is 15.4 Å². The number of methoxy groups -OCH3 is 1. The van der Waals surface area contributed by atoms with Gasteiger partial charge in [-0.2, -0.15) is 0 Å². The molecule has 0 spiro atoms. The van der Waals surface area contributed by atoms with Crippen LogP contribution in [0.3, 0.4) is 0 Å². The Bertz CT molecular complexity index is 108. The second kappa shape index (κ2) is 5.44. The van der Waals surface area contributed by atoms with Crippen LogP contribution in [0.2, 0.25) is 0 Å². The van der Waals surface area contributed by atoms with E-state index in [4.69, 9.17) is 17.0 Å². The molecule has 0 fully saturated rings. The smallest absolute Gasteiger partial charge is 0.166 e. The van der Waals surface area contributed by atoms with E-state index >= 15 is 0 Å². The molecule has 0 aliphatic carbocycles. The molecule has 1 unspecified atom stereocenters. The summed E-state index contributed by atoms with van der Waals surface area (Å²) in [5, 5.41) is 6.50. The fraction of sp³-hybridized carbons (Fsp3) is 0.833. The average Bonchev–Trinajstić information content (AvgIpc) is 1.88. The molecule has 3 nitrogen and oxygen atoms in total. The summed E-state index contributed by atoms with van der Waals surface area (Å²) < 4.78 is 4.90. The largest absolute Gasteiger partial charge is 0.383 e. The standard InChI is InChI=1S/C6H14N2OS/c1-5(4-9-3)8-6(10)7-2/h5H,4H2,1-3H3,(H2,7,8,10). The monoisotopic (exact) mass is 162 g/mol. The third-order valence-corrected chi connectivity index (χ3v) is 1.34. The van der Waals surface area contributed by atoms with Gasteiger partial charge in [-0.25, -0.2) is 0 Å². The molecule has 0 rings (SSSR count). The van der Waals surface area contributed by atoms with Gasteiger partial charge in [0.05, 0.1) is 6.61 Å². The lowest BCUT2D eigenvalue weighted by atomic mass is 10.4. The van der Waals surface area contributed by atoms with Crippen molar-refractivity contribution in [1.29, 1.82) is 0 Å². The molecule has 2 N–H and O–H groups in total. The van der Waals surface area contributed by atoms with Crippen molar-refractivity contribution in [3.05, 3.63) is 0 Å². The van der Waals surface area contributed by atoms with Crippen LogP contribution in [0, 0.1) is 0 Å². The lowest BCUT2D eigenvalue weighted by Crippen LogP contribution is -2.40. The van der Waals surface area contributed by atoms with Crippen molar-refractivity contribution in [3.8, 4) is 0 Å². The maximum absolute atomic E-state index is 4.90. The van der Waals surface area contributed by atoms with E-state index in [0.717, 1.165) is 0 Å². The molecule has 60 valence electrons. The van der Waals surface area contributed by atoms with Crippen LogP contribution in [0.15, 0.2) is 0 Å². The molecule has 0 aromatic carbocycles. The highest BCUT2D eigenvalue weighted by Gasteiger charge is 1.99. The highest BCUT2D eigenvalue weighted by atomic mass is 32.1. The van der Waals surface area contributed by atoms with Crippen LogP contribution < -0.4 is 10.6 Å². The van der Waals surface area contributed by atoms with Gasteiger partial charge >= 0.3 is 0 Å². The predicted octanol–water partition coefficient (Wildman–Crippen LogP) is 0.115. The van der Waals surface area contributed by atoms with Gasteiger partial charge in [-0.05, 0) is 19.1 Å². The Morgan fingerprint density at radius 3 is 2.70 bits per heavy atom. The van der Waals surface area contributed by atoms with Crippen molar-refractivity contribution in [3.63, 3.8) is 0 Å². The summed E-state index contributed by atoms with van der Waals surface area (Å²) >= 11 is 4.87. The van der Waals surface area contributed by atoms with Gasteiger partial charge in [-0.3, -0.25) is 0 Å². The molecule has 0 heterocycles. The van der Waals surface area contributed by atoms with E-state index in [2.05, 4.69) is 10.6 Å². The number of thiocarbonyl (C=S) groups is 1. The highest BCUT2D eigenvalue weighted by molar-refractivity contribution is 7.80. The van der Waals surface area contributed by atoms with E-state index in [1.807, 2.05) is 6.92 Å². The minimum atomic E-state index is 0.268. The Balaban J connectivity index is 3.37. The van der Waals surface area contributed by atoms with Crippen LogP contribution in [0.4, 0.5) is 0 Å². The molecule has 0 aliphatic rings. The molecule has 0 radical (unpaired) electrons. The normalized spacial score (nSPS) is 12.3. The zero-order valence-electron chi connectivity index (χ0n) is 6.60. The van der Waals surface area contributed by atoms with E-state index in [0.29, 0.717) is 11.7 Å². The molecule has 0 aromatic rings. The van der Waals surface area contributed by atoms with Crippen molar-refractivity contribution in [2.75, 3.05) is 20.8 Å². The minimum Gasteiger partial charge on any atom is -0.383 e. The van der Waals surface area contributed by atoms with Crippen LogP contribution in [-0.2, 0) is 4.74 Å². The van der Waals surface area contributed by atoms with Crippen LogP contribution in [0.5, 0.6) is 0 Å². The Kier molecular flexibility index (Phi) is 5.25. The summed E-state index contributed by atoms with van der Waals surface area (Å²) in [7, 11) is 3.45. The van der Waals surface area contributed by atoms with Gasteiger partial charge in [0, 0.05) is 20.2 Å². The van der Waals surface area contributed by atoms with E-state index in [9.17, 15) is 0 Å². The second-order valence-electron chi connectivity index (χ2n) is 2.08. The third-order valence-electron chi connectivity index (χ3n) is 1.02. The zero-order valence-corrected chi connectivity index (χ0v) is 7.42. The summed E-state index contributed by atoms with van der Waals surface area (Å²) in [6, 6.07) is 0.268. The van der Waals surface area contributed by atoms with E-state index in [1.165, 1.54) is 0 Å². The molecule has 0 saturated heterocycles. The maximum atomic E-state index is 4.90. The van der Waals surface area contributed by atoms with Gasteiger partial charge in [-0.1, -0.05) is 0 Å². The molecule has 0 amide bonds. The van der Waals surface area contributed by atoms with Gasteiger partial charge in [0.25, 0.3) is 0 Å². The van der Waals surface area contributed by atoms with Crippen LogP contribution in [0.1, 0.15) is 6.92 Å². The molecule has 0 bridgehead atoms. The fourth-order valence-corrected chi connectivity index (χ4v) is 0.789. The van der Waals surface area contributed by atoms with Gasteiger partial charge in [0.15, 0.2) is 5.11 Å². The highest BCUT2D eigenvalue weighted by Crippen LogP contribution is 1.80. The molecule has 1 atom stereocenters. The van der Waals surface area contributed by atoms with Crippen LogP contribution >= 0.6 is 12.2 Å². The topological polar surface area (TPSA) is 33.3 Å². The third kappa shape index (κ3) is 4.52. The summed E-state index contributed by atoms with van der Waals surface area (Å²) in [4.78, 5) is 0. The Labute approximate surface area is 67.1 Å². The van der Waals surface area contributed by atoms with Crippen molar-refractivity contribution >= 4 is 17.3 Å². The van der Waals surface area contributed by atoms with Crippen molar-refractivity contribution in [2.24, 2.45) is 0 Å². The molecule has 0 aromatic heterocycles. The predicted molar refractivity (Wildman–Crippen MR) is 46.1 cm³/mol. The first-order valence-electron chi connectivity index (χ1n) is 3.18. The van der Waals surface area contributed by atoms with Crippen LogP contribution in [0.25, 0.3) is 0 Å². The van der Waals surface area contributed by atoms with Crippen molar-refractivity contribution < 1.29 is 4.74 Å². The van der Waals surface area contributed by atoms with E-state index < -0.39 is 0 Å². The molecule has 4 heteroatoms. The number of rotatable bonds is 3. The SMILES string of the molecule is CNC(=S)NC(C)COC. The minimum absolute atomic E-state index is 0.268. The molecular formula is C6H14N2OS. The second-order valence-corrected chi connectivity index (χ2v) is 2.49. The molecule has 10 heavy (non-hydrogen) atoms. The Hall–Kier alpha value is -0.350. The lowest BCUT2D eigenvalue weighted by molar-refractivity contribution is 0.179. The summed E-state index contributed by atoms with van der Waals surface area (Å²) in [6.07, 6.45) is 0. The fourth-order valence-electron chi connectivity index (χ4n) is 0.588. The lowest BCUT2D eigenvalue weighted by Gasteiger charge is -2.13. The number of hydrogen-bond acceptors (Lipinski definition) is 2. The van der Waals surface area contributed by atoms with E-state index in [-0.39, 0.29) is 6.04 Å². The first-order valence-corrected chi connectivity index (χ1v) is 3.58. The Morgan fingerprint density at radius 1 is 1.70 bits per heavy atom. The summed E-state index contributed by atoms with van der Waals surface area (Å²) in [5.41, 5.74) is 0. The van der Waals surface area contributed by atoms with Crippen molar-refractivity contribution in [2.45, 2.75) is 13.0 Å². The number of nitrogens with one attached hydrogen (secondary N) is 2. The first kappa shape index (κ1) is 9.65. The maximum Gasteiger partial charge on any atom is 0.166 e. The van der Waals surface area contributed by atoms with Gasteiger partial charge in [0.1, 0.15) is 0 Å².